The molecule has 1 atom stereocenters. The third-order valence-corrected chi connectivity index (χ3v) is 2.70. The van der Waals surface area contributed by atoms with Gasteiger partial charge >= 0.3 is 0 Å². The zero-order chi connectivity index (χ0) is 9.90. The van der Waals surface area contributed by atoms with Gasteiger partial charge in [0.1, 0.15) is 0 Å². The highest BCUT2D eigenvalue weighted by Gasteiger charge is 2.43. The van der Waals surface area contributed by atoms with Crippen molar-refractivity contribution in [3.63, 3.8) is 0 Å². The highest BCUT2D eigenvalue weighted by molar-refractivity contribution is 4.91. The monoisotopic (exact) mass is 192 g/mol. The predicted molar refractivity (Wildman–Crippen MR) is 49.1 cm³/mol. The number of rotatable bonds is 3. The van der Waals surface area contributed by atoms with Crippen molar-refractivity contribution in [1.29, 1.82) is 0 Å². The van der Waals surface area contributed by atoms with Crippen LogP contribution in [0, 0.1) is 0 Å². The Morgan fingerprint density at radius 2 is 2.00 bits per heavy atom. The van der Waals surface area contributed by atoms with E-state index in [0.717, 1.165) is 0 Å². The average molecular weight is 192 g/mol. The summed E-state index contributed by atoms with van der Waals surface area (Å²) in [6.07, 6.45) is 0.550. The topological polar surface area (TPSA) is 15.3 Å². The fourth-order valence-electron chi connectivity index (χ4n) is 1.94. The highest BCUT2D eigenvalue weighted by atomic mass is 19.3. The maximum absolute atomic E-state index is 13.4. The maximum atomic E-state index is 13.4. The van der Waals surface area contributed by atoms with Gasteiger partial charge in [-0.2, -0.15) is 0 Å². The molecule has 1 aliphatic rings. The minimum atomic E-state index is -2.57. The molecule has 78 valence electrons. The minimum absolute atomic E-state index is 0.172. The van der Waals surface area contributed by atoms with Crippen LogP contribution in [0.4, 0.5) is 8.78 Å². The van der Waals surface area contributed by atoms with Crippen LogP contribution in [-0.4, -0.2) is 43.0 Å². The van der Waals surface area contributed by atoms with Crippen LogP contribution < -0.4 is 5.32 Å². The van der Waals surface area contributed by atoms with E-state index in [4.69, 9.17) is 0 Å². The zero-order valence-electron chi connectivity index (χ0n) is 8.32. The summed E-state index contributed by atoms with van der Waals surface area (Å²) in [6.45, 7) is 5.81. The van der Waals surface area contributed by atoms with Gasteiger partial charge < -0.3 is 5.32 Å². The van der Waals surface area contributed by atoms with Gasteiger partial charge in [-0.05, 0) is 26.1 Å². The quantitative estimate of drug-likeness (QED) is 0.725. The van der Waals surface area contributed by atoms with Crippen molar-refractivity contribution in [2.45, 2.75) is 32.2 Å². The Bertz CT molecular complexity index is 158. The summed E-state index contributed by atoms with van der Waals surface area (Å²) in [5, 5.41) is 2.73. The van der Waals surface area contributed by atoms with Crippen LogP contribution in [0.3, 0.4) is 0 Å². The Balaban J connectivity index is 2.63. The van der Waals surface area contributed by atoms with Crippen molar-refractivity contribution in [2.75, 3.05) is 26.2 Å². The van der Waals surface area contributed by atoms with E-state index in [-0.39, 0.29) is 6.54 Å². The van der Waals surface area contributed by atoms with E-state index in [1.54, 1.807) is 0 Å². The molecule has 0 amide bonds. The first-order valence-electron chi connectivity index (χ1n) is 4.94. The summed E-state index contributed by atoms with van der Waals surface area (Å²) in [5.74, 6) is -2.57. The SMILES string of the molecule is CCN(CC)C1CCNCC1(F)F. The molecule has 0 aliphatic carbocycles. The van der Waals surface area contributed by atoms with Crippen molar-refractivity contribution in [3.8, 4) is 0 Å². The van der Waals surface area contributed by atoms with Gasteiger partial charge in [0.05, 0.1) is 12.6 Å². The Kier molecular flexibility index (Phi) is 3.62. The summed E-state index contributed by atoms with van der Waals surface area (Å²) in [5.41, 5.74) is 0. The van der Waals surface area contributed by atoms with Gasteiger partial charge in [-0.1, -0.05) is 13.8 Å². The van der Waals surface area contributed by atoms with Crippen LogP contribution in [0.25, 0.3) is 0 Å². The van der Waals surface area contributed by atoms with Gasteiger partial charge in [0.15, 0.2) is 0 Å². The summed E-state index contributed by atoms with van der Waals surface area (Å²) in [4.78, 5) is 1.85. The molecule has 0 bridgehead atoms. The average Bonchev–Trinajstić information content (AvgIpc) is 2.09. The summed E-state index contributed by atoms with van der Waals surface area (Å²) >= 11 is 0. The van der Waals surface area contributed by atoms with E-state index in [0.29, 0.717) is 26.1 Å². The fourth-order valence-corrected chi connectivity index (χ4v) is 1.94. The second-order valence-corrected chi connectivity index (χ2v) is 3.46. The lowest BCUT2D eigenvalue weighted by molar-refractivity contribution is -0.0931. The van der Waals surface area contributed by atoms with Gasteiger partial charge in [0, 0.05) is 0 Å². The second-order valence-electron chi connectivity index (χ2n) is 3.46. The molecule has 13 heavy (non-hydrogen) atoms. The molecule has 0 radical (unpaired) electrons. The number of nitrogens with one attached hydrogen (secondary N) is 1. The van der Waals surface area contributed by atoms with E-state index in [9.17, 15) is 8.78 Å². The van der Waals surface area contributed by atoms with Crippen LogP contribution >= 0.6 is 0 Å². The Labute approximate surface area is 78.3 Å². The molecule has 0 aromatic rings. The maximum Gasteiger partial charge on any atom is 0.275 e. The molecule has 1 aliphatic heterocycles. The number of halogens is 2. The number of nitrogens with zero attached hydrogens (tertiary/aromatic N) is 1. The molecular weight excluding hydrogens is 174 g/mol. The molecule has 1 heterocycles. The van der Waals surface area contributed by atoms with Gasteiger partial charge in [-0.25, -0.2) is 8.78 Å². The zero-order valence-corrected chi connectivity index (χ0v) is 8.32. The van der Waals surface area contributed by atoms with Crippen LogP contribution in [-0.2, 0) is 0 Å². The number of hydrogen-bond acceptors (Lipinski definition) is 2. The smallest absolute Gasteiger partial charge is 0.275 e. The second kappa shape index (κ2) is 4.33. The molecular formula is C9H18F2N2. The Hall–Kier alpha value is -0.220. The van der Waals surface area contributed by atoms with Gasteiger partial charge in [-0.3, -0.25) is 4.90 Å². The lowest BCUT2D eigenvalue weighted by atomic mass is 10.0. The van der Waals surface area contributed by atoms with Gasteiger partial charge in [0.25, 0.3) is 5.92 Å². The van der Waals surface area contributed by atoms with E-state index < -0.39 is 12.0 Å². The molecule has 1 N–H and O–H groups in total. The molecule has 4 heteroatoms. The summed E-state index contributed by atoms with van der Waals surface area (Å²) in [7, 11) is 0. The molecule has 0 aromatic heterocycles. The van der Waals surface area contributed by atoms with Crippen molar-refractivity contribution in [1.82, 2.24) is 10.2 Å². The first-order valence-corrected chi connectivity index (χ1v) is 4.94. The molecule has 1 saturated heterocycles. The Morgan fingerprint density at radius 1 is 1.38 bits per heavy atom. The third-order valence-electron chi connectivity index (χ3n) is 2.70. The third kappa shape index (κ3) is 2.38. The molecule has 1 fully saturated rings. The first-order chi connectivity index (χ1) is 6.11. The van der Waals surface area contributed by atoms with Crippen molar-refractivity contribution in [2.24, 2.45) is 0 Å². The predicted octanol–water partition coefficient (Wildman–Crippen LogP) is 1.33. The largest absolute Gasteiger partial charge is 0.311 e. The number of hydrogen-bond donors (Lipinski definition) is 1. The van der Waals surface area contributed by atoms with Gasteiger partial charge in [-0.15, -0.1) is 0 Å². The van der Waals surface area contributed by atoms with Crippen LogP contribution in [0.1, 0.15) is 20.3 Å². The fraction of sp³-hybridized carbons (Fsp3) is 1.00. The van der Waals surface area contributed by atoms with E-state index in [2.05, 4.69) is 5.32 Å². The molecule has 0 spiro atoms. The van der Waals surface area contributed by atoms with Crippen LogP contribution in [0.5, 0.6) is 0 Å². The van der Waals surface area contributed by atoms with Crippen LogP contribution in [0.15, 0.2) is 0 Å². The van der Waals surface area contributed by atoms with E-state index >= 15 is 0 Å². The standard InChI is InChI=1S/C9H18F2N2/c1-3-13(4-2)8-5-6-12-7-9(8,10)11/h8,12H,3-7H2,1-2H3. The minimum Gasteiger partial charge on any atom is -0.311 e. The molecule has 2 nitrogen and oxygen atoms in total. The molecule has 1 unspecified atom stereocenters. The van der Waals surface area contributed by atoms with Crippen molar-refractivity contribution >= 4 is 0 Å². The molecule has 1 rings (SSSR count). The van der Waals surface area contributed by atoms with Crippen LogP contribution in [0.2, 0.25) is 0 Å². The lowest BCUT2D eigenvalue weighted by Gasteiger charge is -2.38. The van der Waals surface area contributed by atoms with Crippen molar-refractivity contribution in [3.05, 3.63) is 0 Å². The highest BCUT2D eigenvalue weighted by Crippen LogP contribution is 2.27. The van der Waals surface area contributed by atoms with E-state index in [1.165, 1.54) is 0 Å². The summed E-state index contributed by atoms with van der Waals surface area (Å²) in [6, 6.07) is -0.566. The Morgan fingerprint density at radius 3 is 2.46 bits per heavy atom. The first kappa shape index (κ1) is 10.9. The number of alkyl halides is 2. The normalized spacial score (nSPS) is 27.9. The molecule has 0 saturated carbocycles. The van der Waals surface area contributed by atoms with Crippen molar-refractivity contribution < 1.29 is 8.78 Å². The van der Waals surface area contributed by atoms with E-state index in [1.807, 2.05) is 18.7 Å². The molecule has 0 aromatic carbocycles. The number of piperidine rings is 1. The van der Waals surface area contributed by atoms with Gasteiger partial charge in [0.2, 0.25) is 0 Å². The lowest BCUT2D eigenvalue weighted by Crippen LogP contribution is -2.57. The summed E-state index contributed by atoms with van der Waals surface area (Å²) < 4.78 is 26.8.